The number of allylic oxidation sites excluding steroid dienone is 2. The molecule has 2 aromatic carbocycles. The highest BCUT2D eigenvalue weighted by Gasteiger charge is 2.47. The maximum Gasteiger partial charge on any atom is 0.120 e. The third-order valence-electron chi connectivity index (χ3n) is 6.78. The van der Waals surface area contributed by atoms with Crippen LogP contribution in [0, 0.1) is 12.3 Å². The minimum Gasteiger partial charge on any atom is -0.489 e. The molecule has 2 aliphatic heterocycles. The van der Waals surface area contributed by atoms with E-state index in [-0.39, 0.29) is 5.41 Å². The number of rotatable bonds is 8. The van der Waals surface area contributed by atoms with Crippen molar-refractivity contribution in [3.8, 4) is 5.75 Å². The van der Waals surface area contributed by atoms with Crippen molar-refractivity contribution >= 4 is 0 Å². The lowest BCUT2D eigenvalue weighted by atomic mass is 9.77. The predicted octanol–water partition coefficient (Wildman–Crippen LogP) is 5.43. The Morgan fingerprint density at radius 1 is 1.13 bits per heavy atom. The Balaban J connectivity index is 1.50. The highest BCUT2D eigenvalue weighted by molar-refractivity contribution is 5.38. The maximum absolute atomic E-state index is 6.05. The predicted molar refractivity (Wildman–Crippen MR) is 125 cm³/mol. The molecule has 4 rings (SSSR count). The summed E-state index contributed by atoms with van der Waals surface area (Å²) in [5, 5.41) is 3.81. The number of piperazine rings is 1. The lowest BCUT2D eigenvalue weighted by Crippen LogP contribution is -2.50. The normalized spacial score (nSPS) is 23.0. The Kier molecular flexibility index (Phi) is 6.40. The molecular formula is C27H34N2O. The molecule has 158 valence electrons. The monoisotopic (exact) mass is 402 g/mol. The van der Waals surface area contributed by atoms with Crippen LogP contribution in [0.25, 0.3) is 0 Å². The molecule has 2 fully saturated rings. The molecule has 2 saturated heterocycles. The summed E-state index contributed by atoms with van der Waals surface area (Å²) in [7, 11) is 0. The van der Waals surface area contributed by atoms with E-state index in [1.165, 1.54) is 23.1 Å². The zero-order chi connectivity index (χ0) is 21.0. The van der Waals surface area contributed by atoms with Gasteiger partial charge in [0.25, 0.3) is 0 Å². The average Bonchev–Trinajstić information content (AvgIpc) is 3.12. The van der Waals surface area contributed by atoms with Gasteiger partial charge in [-0.25, -0.2) is 0 Å². The van der Waals surface area contributed by atoms with Crippen molar-refractivity contribution in [2.75, 3.05) is 19.6 Å². The molecule has 1 N–H and O–H groups in total. The Labute approximate surface area is 181 Å². The molecule has 0 unspecified atom stereocenters. The van der Waals surface area contributed by atoms with Crippen molar-refractivity contribution in [2.45, 2.75) is 44.9 Å². The quantitative estimate of drug-likeness (QED) is 0.596. The van der Waals surface area contributed by atoms with Gasteiger partial charge in [-0.3, -0.25) is 4.90 Å². The Hall–Kier alpha value is -2.36. The van der Waals surface area contributed by atoms with E-state index in [4.69, 9.17) is 4.74 Å². The van der Waals surface area contributed by atoms with Crippen LogP contribution in [0.2, 0.25) is 0 Å². The summed E-state index contributed by atoms with van der Waals surface area (Å²) in [6.45, 7) is 14.2. The molecule has 0 bridgehead atoms. The Morgan fingerprint density at radius 3 is 2.60 bits per heavy atom. The van der Waals surface area contributed by atoms with Gasteiger partial charge in [-0.2, -0.15) is 0 Å². The van der Waals surface area contributed by atoms with E-state index in [1.54, 1.807) is 0 Å². The number of ether oxygens (including phenoxy) is 1. The minimum atomic E-state index is 0.283. The average molecular weight is 403 g/mol. The van der Waals surface area contributed by atoms with Crippen LogP contribution in [0.15, 0.2) is 73.8 Å². The lowest BCUT2D eigenvalue weighted by Gasteiger charge is -2.38. The van der Waals surface area contributed by atoms with Crippen molar-refractivity contribution < 1.29 is 4.74 Å². The molecule has 0 aliphatic carbocycles. The molecule has 3 heteroatoms. The van der Waals surface area contributed by atoms with E-state index in [9.17, 15) is 0 Å². The fraction of sp³-hybridized carbons (Fsp3) is 0.407. The van der Waals surface area contributed by atoms with E-state index in [0.717, 1.165) is 38.2 Å². The summed E-state index contributed by atoms with van der Waals surface area (Å²) in [4.78, 5) is 2.69. The fourth-order valence-corrected chi connectivity index (χ4v) is 5.40. The molecular weight excluding hydrogens is 368 g/mol. The first-order valence-electron chi connectivity index (χ1n) is 11.1. The molecule has 30 heavy (non-hydrogen) atoms. The molecule has 0 amide bonds. The minimum absolute atomic E-state index is 0.283. The summed E-state index contributed by atoms with van der Waals surface area (Å²) in [6, 6.07) is 17.8. The first-order valence-corrected chi connectivity index (χ1v) is 11.1. The number of aryl methyl sites for hydroxylation is 1. The van der Waals surface area contributed by atoms with Crippen LogP contribution in [0.4, 0.5) is 0 Å². The molecule has 2 heterocycles. The number of fused-ring (bicyclic) bond motifs is 1. The van der Waals surface area contributed by atoms with Gasteiger partial charge in [0, 0.05) is 31.7 Å². The number of benzene rings is 2. The first kappa shape index (κ1) is 20.9. The SMILES string of the molecule is C=CCC1(CC=C)C[C@H]2[C@H](c3ccc(OCc4ccccc4)cc3C)NCCN2C1. The van der Waals surface area contributed by atoms with Crippen LogP contribution in [-0.2, 0) is 6.61 Å². The second kappa shape index (κ2) is 9.20. The smallest absolute Gasteiger partial charge is 0.120 e. The second-order valence-corrected chi connectivity index (χ2v) is 8.95. The van der Waals surface area contributed by atoms with E-state index in [0.29, 0.717) is 18.7 Å². The maximum atomic E-state index is 6.05. The van der Waals surface area contributed by atoms with Crippen LogP contribution >= 0.6 is 0 Å². The van der Waals surface area contributed by atoms with E-state index >= 15 is 0 Å². The lowest BCUT2D eigenvalue weighted by molar-refractivity contribution is 0.159. The molecule has 0 saturated carbocycles. The summed E-state index contributed by atoms with van der Waals surface area (Å²) < 4.78 is 6.05. The van der Waals surface area contributed by atoms with Crippen molar-refractivity contribution in [3.63, 3.8) is 0 Å². The number of nitrogens with zero attached hydrogens (tertiary/aromatic N) is 1. The van der Waals surface area contributed by atoms with E-state index < -0.39 is 0 Å². The molecule has 2 aromatic rings. The van der Waals surface area contributed by atoms with E-state index in [1.807, 2.05) is 18.2 Å². The molecule has 2 aliphatic rings. The summed E-state index contributed by atoms with van der Waals surface area (Å²) in [5.74, 6) is 0.937. The van der Waals surface area contributed by atoms with Crippen molar-refractivity contribution in [3.05, 3.63) is 90.5 Å². The number of hydrogen-bond acceptors (Lipinski definition) is 3. The van der Waals surface area contributed by atoms with Crippen LogP contribution in [0.5, 0.6) is 5.75 Å². The number of hydrogen-bond donors (Lipinski definition) is 1. The van der Waals surface area contributed by atoms with Crippen LogP contribution < -0.4 is 10.1 Å². The molecule has 3 nitrogen and oxygen atoms in total. The topological polar surface area (TPSA) is 24.5 Å². The van der Waals surface area contributed by atoms with Gasteiger partial charge in [0.1, 0.15) is 12.4 Å². The highest BCUT2D eigenvalue weighted by atomic mass is 16.5. The van der Waals surface area contributed by atoms with Gasteiger partial charge in [-0.1, -0.05) is 48.6 Å². The van der Waals surface area contributed by atoms with Crippen molar-refractivity contribution in [1.29, 1.82) is 0 Å². The Morgan fingerprint density at radius 2 is 1.90 bits per heavy atom. The summed E-state index contributed by atoms with van der Waals surface area (Å²) >= 11 is 0. The second-order valence-electron chi connectivity index (χ2n) is 8.95. The summed E-state index contributed by atoms with van der Waals surface area (Å²) in [6.07, 6.45) is 7.49. The zero-order valence-corrected chi connectivity index (χ0v) is 18.1. The third kappa shape index (κ3) is 4.38. The van der Waals surface area contributed by atoms with Crippen LogP contribution in [0.1, 0.15) is 42.0 Å². The van der Waals surface area contributed by atoms with Gasteiger partial charge >= 0.3 is 0 Å². The summed E-state index contributed by atoms with van der Waals surface area (Å²) in [5.41, 5.74) is 4.16. The van der Waals surface area contributed by atoms with Gasteiger partial charge in [-0.05, 0) is 60.4 Å². The van der Waals surface area contributed by atoms with Gasteiger partial charge in [0.2, 0.25) is 0 Å². The largest absolute Gasteiger partial charge is 0.489 e. The van der Waals surface area contributed by atoms with Crippen LogP contribution in [-0.4, -0.2) is 30.6 Å². The molecule has 2 atom stereocenters. The first-order chi connectivity index (χ1) is 14.6. The molecule has 0 radical (unpaired) electrons. The van der Waals surface area contributed by atoms with Crippen LogP contribution in [0.3, 0.4) is 0 Å². The van der Waals surface area contributed by atoms with Gasteiger partial charge in [0.05, 0.1) is 0 Å². The van der Waals surface area contributed by atoms with Crippen molar-refractivity contribution in [1.82, 2.24) is 10.2 Å². The molecule has 0 aromatic heterocycles. The third-order valence-corrected chi connectivity index (χ3v) is 6.78. The standard InChI is InChI=1S/C27H34N2O/c1-4-13-27(14-5-2)18-25-26(28-15-16-29(25)20-27)24-12-11-23(17-21(24)3)30-19-22-9-7-6-8-10-22/h4-12,17,25-26,28H,1-2,13-16,18-20H2,3H3/t25-,26-/m0/s1. The van der Waals surface area contributed by atoms with Gasteiger partial charge in [-0.15, -0.1) is 13.2 Å². The Bertz CT molecular complexity index is 866. The van der Waals surface area contributed by atoms with E-state index in [2.05, 4.69) is 72.8 Å². The highest BCUT2D eigenvalue weighted by Crippen LogP contribution is 2.46. The fourth-order valence-electron chi connectivity index (χ4n) is 5.40. The number of nitrogens with one attached hydrogen (secondary N) is 1. The van der Waals surface area contributed by atoms with Gasteiger partial charge in [0.15, 0.2) is 0 Å². The zero-order valence-electron chi connectivity index (χ0n) is 18.1. The van der Waals surface area contributed by atoms with Gasteiger partial charge < -0.3 is 10.1 Å². The molecule has 0 spiro atoms. The van der Waals surface area contributed by atoms with Crippen molar-refractivity contribution in [2.24, 2.45) is 5.41 Å².